The number of hydrogen-bond donors (Lipinski definition) is 1. The number of aromatic nitrogens is 4. The number of ether oxygens (including phenoxy) is 1. The van der Waals surface area contributed by atoms with Crippen LogP contribution in [0.2, 0.25) is 0 Å². The highest BCUT2D eigenvalue weighted by Gasteiger charge is 2.29. The monoisotopic (exact) mass is 427 g/mol. The van der Waals surface area contributed by atoms with Crippen LogP contribution in [0.1, 0.15) is 28.4 Å². The Hall–Kier alpha value is -4.32. The summed E-state index contributed by atoms with van der Waals surface area (Å²) in [5.41, 5.74) is 9.67. The largest absolute Gasteiger partial charge is 0.494 e. The van der Waals surface area contributed by atoms with Crippen LogP contribution in [0.5, 0.6) is 5.75 Å². The number of benzene rings is 1. The van der Waals surface area contributed by atoms with Crippen molar-refractivity contribution in [1.82, 2.24) is 24.3 Å². The van der Waals surface area contributed by atoms with Gasteiger partial charge in [-0.3, -0.25) is 9.48 Å². The van der Waals surface area contributed by atoms with Gasteiger partial charge in [-0.1, -0.05) is 6.07 Å². The lowest BCUT2D eigenvalue weighted by Crippen LogP contribution is -2.29. The van der Waals surface area contributed by atoms with Gasteiger partial charge in [0, 0.05) is 42.3 Å². The van der Waals surface area contributed by atoms with Gasteiger partial charge in [0.2, 0.25) is 0 Å². The summed E-state index contributed by atoms with van der Waals surface area (Å²) in [5, 5.41) is 18.3. The van der Waals surface area contributed by atoms with E-state index in [4.69, 9.17) is 15.6 Å². The molecule has 1 aliphatic heterocycles. The second-order valence-corrected chi connectivity index (χ2v) is 7.76. The fourth-order valence-electron chi connectivity index (χ4n) is 4.15. The maximum absolute atomic E-state index is 12.8. The number of rotatable bonds is 4. The Labute approximate surface area is 184 Å². The summed E-state index contributed by atoms with van der Waals surface area (Å²) < 4.78 is 9.03. The molecule has 1 aliphatic rings. The van der Waals surface area contributed by atoms with Crippen molar-refractivity contribution < 1.29 is 9.53 Å². The van der Waals surface area contributed by atoms with E-state index >= 15 is 0 Å². The minimum atomic E-state index is -0.0191. The lowest BCUT2D eigenvalue weighted by atomic mass is 10.2. The quantitative estimate of drug-likeness (QED) is 0.501. The average Bonchev–Trinajstić information content (AvgIpc) is 3.56. The molecule has 0 bridgehead atoms. The molecule has 1 atom stereocenters. The highest BCUT2D eigenvalue weighted by atomic mass is 16.5. The molecule has 2 N–H and O–H groups in total. The number of nitriles is 1. The third-order valence-corrected chi connectivity index (χ3v) is 5.78. The summed E-state index contributed by atoms with van der Waals surface area (Å²) in [6.45, 7) is 1.25. The third kappa shape index (κ3) is 3.32. The van der Waals surface area contributed by atoms with Crippen LogP contribution in [0.25, 0.3) is 16.8 Å². The molecule has 1 saturated heterocycles. The van der Waals surface area contributed by atoms with Crippen LogP contribution in [0.15, 0.2) is 55.0 Å². The van der Waals surface area contributed by atoms with Crippen molar-refractivity contribution in [2.45, 2.75) is 12.5 Å². The normalized spacial score (nSPS) is 15.8. The summed E-state index contributed by atoms with van der Waals surface area (Å²) in [5.74, 6) is 0.542. The Kier molecular flexibility index (Phi) is 4.75. The van der Waals surface area contributed by atoms with Crippen LogP contribution in [0.4, 0.5) is 5.69 Å². The number of hydrogen-bond acceptors (Lipinski definition) is 6. The first-order valence-corrected chi connectivity index (χ1v) is 10.2. The summed E-state index contributed by atoms with van der Waals surface area (Å²) in [6.07, 6.45) is 6.09. The minimum Gasteiger partial charge on any atom is -0.494 e. The van der Waals surface area contributed by atoms with Gasteiger partial charge in [-0.2, -0.15) is 15.5 Å². The first-order chi connectivity index (χ1) is 15.6. The predicted octanol–water partition coefficient (Wildman–Crippen LogP) is 2.75. The summed E-state index contributed by atoms with van der Waals surface area (Å²) >= 11 is 0. The van der Waals surface area contributed by atoms with Gasteiger partial charge in [0.05, 0.1) is 25.0 Å². The zero-order valence-electron chi connectivity index (χ0n) is 17.5. The van der Waals surface area contributed by atoms with E-state index in [0.29, 0.717) is 41.2 Å². The van der Waals surface area contributed by atoms with Crippen LogP contribution in [-0.4, -0.2) is 50.4 Å². The van der Waals surface area contributed by atoms with Gasteiger partial charge in [0.1, 0.15) is 22.9 Å². The van der Waals surface area contributed by atoms with E-state index in [-0.39, 0.29) is 11.9 Å². The van der Waals surface area contributed by atoms with Crippen LogP contribution in [0.3, 0.4) is 0 Å². The summed E-state index contributed by atoms with van der Waals surface area (Å²) in [4.78, 5) is 14.7. The number of anilines is 1. The summed E-state index contributed by atoms with van der Waals surface area (Å²) in [6, 6.07) is 13.1. The number of nitrogens with two attached hydrogens (primary N) is 1. The lowest BCUT2D eigenvalue weighted by molar-refractivity contribution is 0.0787. The predicted molar refractivity (Wildman–Crippen MR) is 118 cm³/mol. The van der Waals surface area contributed by atoms with Crippen molar-refractivity contribution in [2.75, 3.05) is 25.9 Å². The van der Waals surface area contributed by atoms with E-state index in [0.717, 1.165) is 17.7 Å². The molecule has 0 radical (unpaired) electrons. The second kappa shape index (κ2) is 7.74. The fourth-order valence-corrected chi connectivity index (χ4v) is 4.15. The molecule has 0 spiro atoms. The van der Waals surface area contributed by atoms with Crippen molar-refractivity contribution in [3.05, 3.63) is 66.1 Å². The Balaban J connectivity index is 1.38. The number of amides is 1. The maximum atomic E-state index is 12.8. The van der Waals surface area contributed by atoms with Crippen molar-refractivity contribution in [2.24, 2.45) is 0 Å². The molecule has 5 rings (SSSR count). The van der Waals surface area contributed by atoms with Crippen LogP contribution in [0, 0.1) is 11.3 Å². The van der Waals surface area contributed by atoms with Gasteiger partial charge in [-0.25, -0.2) is 4.52 Å². The Bertz CT molecular complexity index is 1360. The first kappa shape index (κ1) is 19.6. The highest BCUT2D eigenvalue weighted by molar-refractivity contribution is 5.95. The van der Waals surface area contributed by atoms with Crippen molar-refractivity contribution >= 4 is 17.1 Å². The lowest BCUT2D eigenvalue weighted by Gasteiger charge is -2.17. The zero-order chi connectivity index (χ0) is 22.2. The van der Waals surface area contributed by atoms with Crippen LogP contribution < -0.4 is 10.5 Å². The molecule has 4 aromatic rings. The Morgan fingerprint density at radius 2 is 2.19 bits per heavy atom. The molecule has 1 aromatic carbocycles. The first-order valence-electron chi connectivity index (χ1n) is 10.2. The Morgan fingerprint density at radius 1 is 1.31 bits per heavy atom. The smallest absolute Gasteiger partial charge is 0.254 e. The molecule has 0 unspecified atom stereocenters. The number of likely N-dealkylation sites (tertiary alicyclic amines) is 1. The standard InChI is InChI=1S/C23H21N7O2/c1-32-21-10-16(13-30-22(21)17(11-24)12-26-30)20-6-8-29(27-20)19-5-7-28(14-19)23(31)15-3-2-4-18(25)9-15/h2-4,6,8-10,12-13,19H,5,7,14,25H2,1H3/t19-/m1/s1. The number of carbonyl (C=O) groups excluding carboxylic acids is 1. The van der Waals surface area contributed by atoms with Crippen molar-refractivity contribution in [3.8, 4) is 23.1 Å². The molecular weight excluding hydrogens is 406 g/mol. The van der Waals surface area contributed by atoms with E-state index in [1.54, 1.807) is 35.9 Å². The minimum absolute atomic E-state index is 0.0191. The van der Waals surface area contributed by atoms with Gasteiger partial charge in [-0.05, 0) is 36.8 Å². The topological polar surface area (TPSA) is 114 Å². The number of pyridine rings is 1. The van der Waals surface area contributed by atoms with Gasteiger partial charge in [-0.15, -0.1) is 0 Å². The van der Waals surface area contributed by atoms with Crippen LogP contribution >= 0.6 is 0 Å². The molecule has 9 heteroatoms. The third-order valence-electron chi connectivity index (χ3n) is 5.78. The molecule has 0 saturated carbocycles. The number of nitrogens with zero attached hydrogens (tertiary/aromatic N) is 6. The second-order valence-electron chi connectivity index (χ2n) is 7.76. The number of nitrogen functional groups attached to an aromatic ring is 1. The molecule has 1 fully saturated rings. The average molecular weight is 427 g/mol. The molecule has 1 amide bonds. The maximum Gasteiger partial charge on any atom is 0.254 e. The molecule has 160 valence electrons. The van der Waals surface area contributed by atoms with Gasteiger partial charge < -0.3 is 15.4 Å². The van der Waals surface area contributed by atoms with E-state index < -0.39 is 0 Å². The van der Waals surface area contributed by atoms with E-state index in [1.807, 2.05) is 34.1 Å². The highest BCUT2D eigenvalue weighted by Crippen LogP contribution is 2.30. The molecule has 9 nitrogen and oxygen atoms in total. The molecule has 32 heavy (non-hydrogen) atoms. The van der Waals surface area contributed by atoms with Crippen molar-refractivity contribution in [1.29, 1.82) is 5.26 Å². The van der Waals surface area contributed by atoms with Gasteiger partial charge in [0.25, 0.3) is 5.91 Å². The molecular formula is C23H21N7O2. The number of methoxy groups -OCH3 is 1. The zero-order valence-corrected chi connectivity index (χ0v) is 17.5. The van der Waals surface area contributed by atoms with E-state index in [9.17, 15) is 10.1 Å². The molecule has 4 heterocycles. The van der Waals surface area contributed by atoms with E-state index in [1.165, 1.54) is 6.20 Å². The van der Waals surface area contributed by atoms with Crippen LogP contribution in [-0.2, 0) is 0 Å². The van der Waals surface area contributed by atoms with Gasteiger partial charge in [0.15, 0.2) is 0 Å². The molecule has 3 aromatic heterocycles. The SMILES string of the molecule is COc1cc(-c2ccn([C@@H]3CCN(C(=O)c4cccc(N)c4)C3)n2)cn2ncc(C#N)c12. The molecule has 0 aliphatic carbocycles. The van der Waals surface area contributed by atoms with Gasteiger partial charge >= 0.3 is 0 Å². The van der Waals surface area contributed by atoms with Crippen molar-refractivity contribution in [3.63, 3.8) is 0 Å². The number of carbonyl (C=O) groups is 1. The van der Waals surface area contributed by atoms with E-state index in [2.05, 4.69) is 11.2 Å². The fraction of sp³-hybridized carbons (Fsp3) is 0.217. The Morgan fingerprint density at radius 3 is 2.97 bits per heavy atom. The number of fused-ring (bicyclic) bond motifs is 1. The summed E-state index contributed by atoms with van der Waals surface area (Å²) in [7, 11) is 1.57.